The first-order chi connectivity index (χ1) is 10.5. The molecule has 0 aliphatic heterocycles. The summed E-state index contributed by atoms with van der Waals surface area (Å²) >= 11 is 0. The van der Waals surface area contributed by atoms with E-state index in [1.165, 1.54) is 0 Å². The quantitative estimate of drug-likeness (QED) is 0.502. The molecule has 0 bridgehead atoms. The molecule has 0 aliphatic rings. The Kier molecular flexibility index (Phi) is 5.16. The molecule has 22 heavy (non-hydrogen) atoms. The number of nitrogens with one attached hydrogen (secondary N) is 1. The Morgan fingerprint density at radius 3 is 2.36 bits per heavy atom. The van der Waals surface area contributed by atoms with Crippen molar-refractivity contribution >= 4 is 10.0 Å². The van der Waals surface area contributed by atoms with Crippen LogP contribution in [0.25, 0.3) is 10.4 Å². The zero-order chi connectivity index (χ0) is 16.0. The summed E-state index contributed by atoms with van der Waals surface area (Å²) in [5, 5.41) is 3.66. The predicted molar refractivity (Wildman–Crippen MR) is 84.7 cm³/mol. The van der Waals surface area contributed by atoms with Crippen LogP contribution in [0.4, 0.5) is 0 Å². The second kappa shape index (κ2) is 7.09. The van der Waals surface area contributed by atoms with Crippen molar-refractivity contribution in [3.05, 3.63) is 76.2 Å². The van der Waals surface area contributed by atoms with E-state index in [-0.39, 0.29) is 11.4 Å². The number of hydrogen-bond donors (Lipinski definition) is 1. The van der Waals surface area contributed by atoms with Crippen LogP contribution in [-0.4, -0.2) is 15.0 Å². The predicted octanol–water partition coefficient (Wildman–Crippen LogP) is 3.32. The summed E-state index contributed by atoms with van der Waals surface area (Å²) in [6.45, 7) is 1.89. The van der Waals surface area contributed by atoms with Gasteiger partial charge in [0, 0.05) is 11.5 Å². The summed E-state index contributed by atoms with van der Waals surface area (Å²) in [5.41, 5.74) is 10.4. The number of aryl methyl sites for hydroxylation is 1. The van der Waals surface area contributed by atoms with Gasteiger partial charge in [-0.05, 0) is 30.2 Å². The van der Waals surface area contributed by atoms with Gasteiger partial charge >= 0.3 is 0 Å². The lowest BCUT2D eigenvalue weighted by molar-refractivity contribution is 0.572. The van der Waals surface area contributed by atoms with Crippen LogP contribution in [0, 0.1) is 6.92 Å². The van der Waals surface area contributed by atoms with Crippen LogP contribution in [0.1, 0.15) is 17.2 Å². The number of rotatable bonds is 6. The van der Waals surface area contributed by atoms with Gasteiger partial charge in [0.05, 0.1) is 10.9 Å². The fraction of sp³-hybridized carbons (Fsp3) is 0.200. The molecular formula is C15H16N4O2S. The van der Waals surface area contributed by atoms with Crippen molar-refractivity contribution in [1.29, 1.82) is 0 Å². The van der Waals surface area contributed by atoms with E-state index >= 15 is 0 Å². The van der Waals surface area contributed by atoms with Crippen molar-refractivity contribution in [2.75, 3.05) is 6.54 Å². The maximum Gasteiger partial charge on any atom is 0.240 e. The van der Waals surface area contributed by atoms with Crippen LogP contribution in [0.2, 0.25) is 0 Å². The van der Waals surface area contributed by atoms with Gasteiger partial charge in [0.1, 0.15) is 0 Å². The van der Waals surface area contributed by atoms with Crippen LogP contribution in [0.3, 0.4) is 0 Å². The average Bonchev–Trinajstić information content (AvgIpc) is 2.53. The van der Waals surface area contributed by atoms with Gasteiger partial charge in [0.15, 0.2) is 0 Å². The molecule has 0 aromatic heterocycles. The molecule has 0 saturated heterocycles. The van der Waals surface area contributed by atoms with Crippen LogP contribution < -0.4 is 4.72 Å². The van der Waals surface area contributed by atoms with Gasteiger partial charge in [-0.3, -0.25) is 0 Å². The molecule has 1 N–H and O–H groups in total. The summed E-state index contributed by atoms with van der Waals surface area (Å²) in [7, 11) is -3.63. The van der Waals surface area contributed by atoms with E-state index in [4.69, 9.17) is 5.53 Å². The molecule has 7 heteroatoms. The molecule has 1 atom stereocenters. The van der Waals surface area contributed by atoms with Crippen molar-refractivity contribution < 1.29 is 8.42 Å². The number of nitrogens with zero attached hydrogens (tertiary/aromatic N) is 3. The third-order valence-corrected chi connectivity index (χ3v) is 4.61. The van der Waals surface area contributed by atoms with Gasteiger partial charge in [-0.25, -0.2) is 13.1 Å². The Morgan fingerprint density at radius 2 is 1.77 bits per heavy atom. The Labute approximate surface area is 129 Å². The maximum atomic E-state index is 12.2. The summed E-state index contributed by atoms with van der Waals surface area (Å²) in [6, 6.07) is 15.0. The molecule has 114 valence electrons. The first-order valence-corrected chi connectivity index (χ1v) is 8.17. The second-order valence-corrected chi connectivity index (χ2v) is 6.56. The Morgan fingerprint density at radius 1 is 1.14 bits per heavy atom. The molecular weight excluding hydrogens is 300 g/mol. The molecule has 0 radical (unpaired) electrons. The molecule has 6 nitrogen and oxygen atoms in total. The minimum Gasteiger partial charge on any atom is -0.210 e. The molecule has 0 amide bonds. The zero-order valence-electron chi connectivity index (χ0n) is 12.0. The molecule has 1 unspecified atom stereocenters. The fourth-order valence-corrected chi connectivity index (χ4v) is 2.99. The molecule has 0 spiro atoms. The standard InChI is InChI=1S/C15H16N4O2S/c1-12-7-9-14(10-8-12)22(20,21)17-11-15(18-19-16)13-5-3-2-4-6-13/h2-10,15,17H,11H2,1H3. The highest BCUT2D eigenvalue weighted by molar-refractivity contribution is 7.89. The van der Waals surface area contributed by atoms with Gasteiger partial charge in [-0.15, -0.1) is 0 Å². The van der Waals surface area contributed by atoms with E-state index in [1.807, 2.05) is 25.1 Å². The van der Waals surface area contributed by atoms with Crippen molar-refractivity contribution in [2.45, 2.75) is 17.9 Å². The Hall–Kier alpha value is -2.34. The lowest BCUT2D eigenvalue weighted by atomic mass is 10.1. The van der Waals surface area contributed by atoms with E-state index < -0.39 is 16.1 Å². The van der Waals surface area contributed by atoms with Crippen LogP contribution in [0.15, 0.2) is 64.6 Å². The molecule has 0 saturated carbocycles. The SMILES string of the molecule is Cc1ccc(S(=O)(=O)NCC(N=[N+]=[N-])c2ccccc2)cc1. The maximum absolute atomic E-state index is 12.2. The van der Waals surface area contributed by atoms with E-state index in [1.54, 1.807) is 36.4 Å². The van der Waals surface area contributed by atoms with Crippen molar-refractivity contribution in [3.63, 3.8) is 0 Å². The lowest BCUT2D eigenvalue weighted by Gasteiger charge is -2.13. The second-order valence-electron chi connectivity index (χ2n) is 4.80. The minimum atomic E-state index is -3.63. The summed E-state index contributed by atoms with van der Waals surface area (Å²) in [4.78, 5) is 2.97. The molecule has 2 rings (SSSR count). The Balaban J connectivity index is 2.15. The lowest BCUT2D eigenvalue weighted by Crippen LogP contribution is -2.28. The third kappa shape index (κ3) is 4.08. The monoisotopic (exact) mass is 316 g/mol. The van der Waals surface area contributed by atoms with Gasteiger partial charge in [0.2, 0.25) is 10.0 Å². The van der Waals surface area contributed by atoms with Crippen molar-refractivity contribution in [1.82, 2.24) is 4.72 Å². The van der Waals surface area contributed by atoms with Crippen molar-refractivity contribution in [2.24, 2.45) is 5.11 Å². The first kappa shape index (κ1) is 16.0. The van der Waals surface area contributed by atoms with Gasteiger partial charge in [-0.2, -0.15) is 0 Å². The van der Waals surface area contributed by atoms with Crippen LogP contribution >= 0.6 is 0 Å². The Bertz CT molecular complexity index is 767. The van der Waals surface area contributed by atoms with E-state index in [2.05, 4.69) is 14.7 Å². The highest BCUT2D eigenvalue weighted by atomic mass is 32.2. The van der Waals surface area contributed by atoms with Gasteiger partial charge in [0.25, 0.3) is 0 Å². The van der Waals surface area contributed by atoms with Gasteiger partial charge in [-0.1, -0.05) is 53.1 Å². The molecule has 0 aliphatic carbocycles. The number of sulfonamides is 1. The first-order valence-electron chi connectivity index (χ1n) is 6.68. The average molecular weight is 316 g/mol. The molecule has 0 heterocycles. The molecule has 2 aromatic carbocycles. The van der Waals surface area contributed by atoms with E-state index in [0.29, 0.717) is 0 Å². The number of azide groups is 1. The van der Waals surface area contributed by atoms with E-state index in [0.717, 1.165) is 11.1 Å². The fourth-order valence-electron chi connectivity index (χ4n) is 1.95. The highest BCUT2D eigenvalue weighted by Gasteiger charge is 2.17. The number of hydrogen-bond acceptors (Lipinski definition) is 3. The smallest absolute Gasteiger partial charge is 0.210 e. The molecule has 0 fully saturated rings. The molecule has 2 aromatic rings. The van der Waals surface area contributed by atoms with Crippen LogP contribution in [0.5, 0.6) is 0 Å². The summed E-state index contributed by atoms with van der Waals surface area (Å²) < 4.78 is 27.0. The highest BCUT2D eigenvalue weighted by Crippen LogP contribution is 2.18. The normalized spacial score (nSPS) is 12.4. The third-order valence-electron chi connectivity index (χ3n) is 3.17. The summed E-state index contributed by atoms with van der Waals surface area (Å²) in [6.07, 6.45) is 0. The van der Waals surface area contributed by atoms with Gasteiger partial charge < -0.3 is 0 Å². The van der Waals surface area contributed by atoms with Crippen molar-refractivity contribution in [3.8, 4) is 0 Å². The van der Waals surface area contributed by atoms with E-state index in [9.17, 15) is 8.42 Å². The topological polar surface area (TPSA) is 94.9 Å². The van der Waals surface area contributed by atoms with Crippen LogP contribution in [-0.2, 0) is 10.0 Å². The summed E-state index contributed by atoms with van der Waals surface area (Å²) in [5.74, 6) is 0. The zero-order valence-corrected chi connectivity index (χ0v) is 12.9. The number of benzene rings is 2. The minimum absolute atomic E-state index is 0.00425. The largest absolute Gasteiger partial charge is 0.240 e.